The van der Waals surface area contributed by atoms with E-state index in [1.54, 1.807) is 24.3 Å². The van der Waals surface area contributed by atoms with Crippen molar-refractivity contribution in [2.75, 3.05) is 13.7 Å². The zero-order valence-electron chi connectivity index (χ0n) is 13.4. The highest BCUT2D eigenvalue weighted by atomic mass is 79.9. The summed E-state index contributed by atoms with van der Waals surface area (Å²) in [6.07, 6.45) is 0.837. The van der Waals surface area contributed by atoms with Crippen LogP contribution in [-0.4, -0.2) is 25.7 Å². The second-order valence-electron chi connectivity index (χ2n) is 4.87. The summed E-state index contributed by atoms with van der Waals surface area (Å²) in [6, 6.07) is 11.5. The van der Waals surface area contributed by atoms with Crippen molar-refractivity contribution >= 4 is 27.9 Å². The fraction of sp³-hybridized carbons (Fsp3) is 0.222. The monoisotopic (exact) mass is 392 g/mol. The van der Waals surface area contributed by atoms with Crippen molar-refractivity contribution in [2.24, 2.45) is 0 Å². The zero-order valence-corrected chi connectivity index (χ0v) is 15.0. The van der Waals surface area contributed by atoms with Gasteiger partial charge in [0, 0.05) is 0 Å². The summed E-state index contributed by atoms with van der Waals surface area (Å²) in [5.74, 6) is -0.218. The van der Waals surface area contributed by atoms with E-state index < -0.39 is 11.9 Å². The van der Waals surface area contributed by atoms with Crippen LogP contribution in [0.4, 0.5) is 0 Å². The number of carbonyl (C=O) groups is 2. The summed E-state index contributed by atoms with van der Waals surface area (Å²) in [5, 5.41) is 0. The first-order chi connectivity index (χ1) is 11.6. The molecule has 0 radical (unpaired) electrons. The normalized spacial score (nSPS) is 10.1. The number of carbonyl (C=O) groups excluding carboxylic acids is 2. The predicted molar refractivity (Wildman–Crippen MR) is 92.7 cm³/mol. The first kappa shape index (κ1) is 18.0. The molecule has 0 atom stereocenters. The molecule has 0 heterocycles. The van der Waals surface area contributed by atoms with Crippen LogP contribution in [-0.2, 0) is 4.74 Å². The van der Waals surface area contributed by atoms with Gasteiger partial charge in [0.15, 0.2) is 0 Å². The van der Waals surface area contributed by atoms with Crippen molar-refractivity contribution in [1.82, 2.24) is 0 Å². The molecule has 6 heteroatoms. The maximum atomic E-state index is 12.4. The van der Waals surface area contributed by atoms with Gasteiger partial charge in [-0.2, -0.15) is 0 Å². The van der Waals surface area contributed by atoms with Crippen LogP contribution in [0.1, 0.15) is 34.1 Å². The average molecular weight is 393 g/mol. The summed E-state index contributed by atoms with van der Waals surface area (Å²) in [6.45, 7) is 2.50. The van der Waals surface area contributed by atoms with Gasteiger partial charge in [0.25, 0.3) is 0 Å². The van der Waals surface area contributed by atoms with Crippen LogP contribution in [0, 0.1) is 0 Å². The molecule has 0 N–H and O–H groups in total. The predicted octanol–water partition coefficient (Wildman–Crippen LogP) is 4.24. The van der Waals surface area contributed by atoms with Gasteiger partial charge in [-0.15, -0.1) is 0 Å². The molecule has 0 aliphatic heterocycles. The van der Waals surface area contributed by atoms with Crippen LogP contribution in [0.3, 0.4) is 0 Å². The molecule has 0 aliphatic carbocycles. The van der Waals surface area contributed by atoms with Crippen molar-refractivity contribution in [1.29, 1.82) is 0 Å². The number of ether oxygens (including phenoxy) is 3. The number of hydrogen-bond donors (Lipinski definition) is 0. The Morgan fingerprint density at radius 2 is 1.79 bits per heavy atom. The van der Waals surface area contributed by atoms with Gasteiger partial charge in [-0.1, -0.05) is 19.1 Å². The highest BCUT2D eigenvalue weighted by Crippen LogP contribution is 2.28. The molecule has 5 nitrogen and oxygen atoms in total. The summed E-state index contributed by atoms with van der Waals surface area (Å²) in [5.41, 5.74) is 0.700. The summed E-state index contributed by atoms with van der Waals surface area (Å²) >= 11 is 3.29. The highest BCUT2D eigenvalue weighted by Gasteiger charge is 2.17. The van der Waals surface area contributed by atoms with Crippen LogP contribution in [0.25, 0.3) is 0 Å². The molecule has 0 spiro atoms. The molecule has 126 valence electrons. The Bertz CT molecular complexity index is 742. The largest absolute Gasteiger partial charge is 0.493 e. The van der Waals surface area contributed by atoms with Gasteiger partial charge >= 0.3 is 11.9 Å². The number of hydrogen-bond acceptors (Lipinski definition) is 5. The molecule has 2 rings (SSSR count). The van der Waals surface area contributed by atoms with Gasteiger partial charge in [-0.3, -0.25) is 0 Å². The third-order valence-corrected chi connectivity index (χ3v) is 3.74. The van der Waals surface area contributed by atoms with Gasteiger partial charge in [0.1, 0.15) is 17.1 Å². The maximum absolute atomic E-state index is 12.4. The number of benzene rings is 2. The minimum Gasteiger partial charge on any atom is -0.493 e. The van der Waals surface area contributed by atoms with Crippen LogP contribution >= 0.6 is 15.9 Å². The Hall–Kier alpha value is -2.34. The van der Waals surface area contributed by atoms with E-state index in [1.807, 2.05) is 6.92 Å². The molecule has 0 aliphatic rings. The molecular weight excluding hydrogens is 376 g/mol. The van der Waals surface area contributed by atoms with Crippen LogP contribution in [0.15, 0.2) is 46.9 Å². The Kier molecular flexibility index (Phi) is 6.37. The summed E-state index contributed by atoms with van der Waals surface area (Å²) in [4.78, 5) is 23.9. The average Bonchev–Trinajstić information content (AvgIpc) is 2.61. The standard InChI is InChI=1S/C18H17BrO5/c1-3-10-23-15-7-5-4-6-13(15)18(21)24-16-9-8-12(11-14(16)19)17(20)22-2/h4-9,11H,3,10H2,1-2H3. The number of rotatable bonds is 6. The molecule has 2 aromatic rings. The Labute approximate surface area is 148 Å². The Morgan fingerprint density at radius 1 is 1.04 bits per heavy atom. The zero-order chi connectivity index (χ0) is 17.5. The lowest BCUT2D eigenvalue weighted by Gasteiger charge is -2.11. The number of esters is 2. The Morgan fingerprint density at radius 3 is 2.46 bits per heavy atom. The lowest BCUT2D eigenvalue weighted by Crippen LogP contribution is -2.12. The second kappa shape index (κ2) is 8.49. The third-order valence-electron chi connectivity index (χ3n) is 3.12. The molecule has 0 fully saturated rings. The number of para-hydroxylation sites is 1. The topological polar surface area (TPSA) is 61.8 Å². The van der Waals surface area contributed by atoms with Crippen molar-refractivity contribution in [3.63, 3.8) is 0 Å². The van der Waals surface area contributed by atoms with E-state index in [1.165, 1.54) is 25.3 Å². The molecule has 0 bridgehead atoms. The lowest BCUT2D eigenvalue weighted by molar-refractivity contribution is 0.0600. The molecular formula is C18H17BrO5. The van der Waals surface area contributed by atoms with Crippen LogP contribution < -0.4 is 9.47 Å². The Balaban J connectivity index is 2.20. The molecule has 0 amide bonds. The summed E-state index contributed by atoms with van der Waals surface area (Å²) in [7, 11) is 1.30. The highest BCUT2D eigenvalue weighted by molar-refractivity contribution is 9.10. The minimum absolute atomic E-state index is 0.304. The van der Waals surface area contributed by atoms with Crippen LogP contribution in [0.5, 0.6) is 11.5 Å². The van der Waals surface area contributed by atoms with Gasteiger partial charge < -0.3 is 14.2 Å². The van der Waals surface area contributed by atoms with E-state index >= 15 is 0 Å². The van der Waals surface area contributed by atoms with Crippen molar-refractivity contribution in [2.45, 2.75) is 13.3 Å². The minimum atomic E-state index is -0.534. The quantitative estimate of drug-likeness (QED) is 0.543. The van der Waals surface area contributed by atoms with Gasteiger partial charge in [0.2, 0.25) is 0 Å². The molecule has 0 unspecified atom stereocenters. The molecule has 2 aromatic carbocycles. The van der Waals surface area contributed by atoms with E-state index in [2.05, 4.69) is 20.7 Å². The fourth-order valence-electron chi connectivity index (χ4n) is 1.96. The molecule has 0 saturated carbocycles. The number of methoxy groups -OCH3 is 1. The molecule has 24 heavy (non-hydrogen) atoms. The second-order valence-corrected chi connectivity index (χ2v) is 5.73. The van der Waals surface area contributed by atoms with Crippen molar-refractivity contribution in [3.05, 3.63) is 58.1 Å². The first-order valence-electron chi connectivity index (χ1n) is 7.38. The van der Waals surface area contributed by atoms with E-state index in [4.69, 9.17) is 9.47 Å². The van der Waals surface area contributed by atoms with Gasteiger partial charge in [-0.25, -0.2) is 9.59 Å². The van der Waals surface area contributed by atoms with Gasteiger partial charge in [0.05, 0.1) is 23.8 Å². The molecule has 0 aromatic heterocycles. The first-order valence-corrected chi connectivity index (χ1v) is 8.18. The fourth-order valence-corrected chi connectivity index (χ4v) is 2.42. The van der Waals surface area contributed by atoms with E-state index in [9.17, 15) is 9.59 Å². The number of halogens is 1. The smallest absolute Gasteiger partial charge is 0.347 e. The van der Waals surface area contributed by atoms with Crippen LogP contribution in [0.2, 0.25) is 0 Å². The third kappa shape index (κ3) is 4.35. The van der Waals surface area contributed by atoms with E-state index in [0.717, 1.165) is 6.42 Å². The van der Waals surface area contributed by atoms with E-state index in [-0.39, 0.29) is 0 Å². The lowest BCUT2D eigenvalue weighted by atomic mass is 10.2. The van der Waals surface area contributed by atoms with E-state index in [0.29, 0.717) is 33.7 Å². The van der Waals surface area contributed by atoms with Gasteiger partial charge in [-0.05, 0) is 52.7 Å². The SMILES string of the molecule is CCCOc1ccccc1C(=O)Oc1ccc(C(=O)OC)cc1Br. The van der Waals surface area contributed by atoms with Crippen molar-refractivity contribution < 1.29 is 23.8 Å². The molecule has 0 saturated heterocycles. The summed E-state index contributed by atoms with van der Waals surface area (Å²) < 4.78 is 16.1. The van der Waals surface area contributed by atoms with Crippen molar-refractivity contribution in [3.8, 4) is 11.5 Å². The maximum Gasteiger partial charge on any atom is 0.347 e.